The number of hydrogen-bond donors (Lipinski definition) is 1. The molecule has 5 heteroatoms. The molecule has 0 saturated carbocycles. The van der Waals surface area contributed by atoms with Crippen molar-refractivity contribution in [2.24, 2.45) is 7.05 Å². The summed E-state index contributed by atoms with van der Waals surface area (Å²) in [7, 11) is 3.76. The molecule has 1 aromatic heterocycles. The van der Waals surface area contributed by atoms with E-state index in [-0.39, 0.29) is 6.10 Å². The number of aryl methyl sites for hydroxylation is 1. The van der Waals surface area contributed by atoms with Crippen LogP contribution in [0.4, 0.5) is 0 Å². The van der Waals surface area contributed by atoms with E-state index in [2.05, 4.69) is 15.5 Å². The van der Waals surface area contributed by atoms with E-state index >= 15 is 0 Å². The van der Waals surface area contributed by atoms with Crippen LogP contribution < -0.4 is 0 Å². The summed E-state index contributed by atoms with van der Waals surface area (Å²) >= 11 is 0. The molecule has 0 aliphatic carbocycles. The fourth-order valence-corrected chi connectivity index (χ4v) is 2.21. The average Bonchev–Trinajstić information content (AvgIpc) is 2.82. The van der Waals surface area contributed by atoms with E-state index in [0.717, 1.165) is 26.1 Å². The van der Waals surface area contributed by atoms with Gasteiger partial charge in [0, 0.05) is 52.3 Å². The summed E-state index contributed by atoms with van der Waals surface area (Å²) in [5.74, 6) is 0. The van der Waals surface area contributed by atoms with Crippen molar-refractivity contribution in [3.05, 3.63) is 24.0 Å². The largest absolute Gasteiger partial charge is 0.389 e. The quantitative estimate of drug-likeness (QED) is 0.631. The van der Waals surface area contributed by atoms with Gasteiger partial charge in [0.1, 0.15) is 0 Å². The van der Waals surface area contributed by atoms with Crippen LogP contribution in [0.3, 0.4) is 0 Å². The highest BCUT2D eigenvalue weighted by Crippen LogP contribution is 2.07. The van der Waals surface area contributed by atoms with Crippen molar-refractivity contribution in [2.45, 2.75) is 39.0 Å². The maximum Gasteiger partial charge on any atom is 0.0900 e. The lowest BCUT2D eigenvalue weighted by Crippen LogP contribution is -2.36. The molecule has 122 valence electrons. The molecule has 0 unspecified atom stereocenters. The Balaban J connectivity index is 2.49. The molecule has 0 aliphatic heterocycles. The molecule has 0 bridgehead atoms. The minimum atomic E-state index is -0.463. The third kappa shape index (κ3) is 7.62. The summed E-state index contributed by atoms with van der Waals surface area (Å²) in [6.45, 7) is 7.42. The fraction of sp³-hybridized carbons (Fsp3) is 0.750. The molecular formula is C16H30N2O3. The summed E-state index contributed by atoms with van der Waals surface area (Å²) in [6.07, 6.45) is 2.68. The second kappa shape index (κ2) is 9.95. The van der Waals surface area contributed by atoms with Crippen LogP contribution in [-0.2, 0) is 23.1 Å². The smallest absolute Gasteiger partial charge is 0.0900 e. The number of ether oxygens (including phenoxy) is 2. The molecule has 1 atom stereocenters. The zero-order valence-corrected chi connectivity index (χ0v) is 13.8. The molecule has 0 saturated heterocycles. The van der Waals surface area contributed by atoms with Gasteiger partial charge in [-0.1, -0.05) is 0 Å². The Labute approximate surface area is 128 Å². The fourth-order valence-electron chi connectivity index (χ4n) is 2.21. The topological polar surface area (TPSA) is 46.9 Å². The number of aliphatic hydroxyl groups excluding tert-OH is 1. The van der Waals surface area contributed by atoms with Gasteiger partial charge in [-0.2, -0.15) is 0 Å². The van der Waals surface area contributed by atoms with Gasteiger partial charge in [-0.05, 0) is 32.4 Å². The number of nitrogens with zero attached hydrogens (tertiary/aromatic N) is 2. The first kappa shape index (κ1) is 18.2. The second-order valence-electron chi connectivity index (χ2n) is 5.73. The van der Waals surface area contributed by atoms with Crippen molar-refractivity contribution in [1.82, 2.24) is 9.47 Å². The molecule has 0 aromatic carbocycles. The number of aromatic nitrogens is 1. The monoisotopic (exact) mass is 298 g/mol. The van der Waals surface area contributed by atoms with Gasteiger partial charge >= 0.3 is 0 Å². The van der Waals surface area contributed by atoms with Crippen LogP contribution in [0.25, 0.3) is 0 Å². The van der Waals surface area contributed by atoms with E-state index in [9.17, 15) is 5.11 Å². The van der Waals surface area contributed by atoms with Gasteiger partial charge in [-0.15, -0.1) is 0 Å². The highest BCUT2D eigenvalue weighted by molar-refractivity contribution is 5.06. The summed E-state index contributed by atoms with van der Waals surface area (Å²) < 4.78 is 12.7. The normalized spacial score (nSPS) is 13.3. The minimum absolute atomic E-state index is 0.148. The Kier molecular flexibility index (Phi) is 8.61. The van der Waals surface area contributed by atoms with E-state index in [1.807, 2.05) is 33.2 Å². The highest BCUT2D eigenvalue weighted by Gasteiger charge is 2.14. The molecule has 5 nitrogen and oxygen atoms in total. The third-order valence-electron chi connectivity index (χ3n) is 3.35. The van der Waals surface area contributed by atoms with Gasteiger partial charge in [0.25, 0.3) is 0 Å². The summed E-state index contributed by atoms with van der Waals surface area (Å²) in [6, 6.07) is 4.15. The molecule has 0 aliphatic rings. The van der Waals surface area contributed by atoms with Crippen LogP contribution in [0, 0.1) is 0 Å². The maximum atomic E-state index is 10.1. The van der Waals surface area contributed by atoms with Crippen molar-refractivity contribution in [3.63, 3.8) is 0 Å². The average molecular weight is 298 g/mol. The van der Waals surface area contributed by atoms with Crippen LogP contribution in [0.15, 0.2) is 18.3 Å². The standard InChI is InChI=1S/C16H30N2O3/c1-14(2)21-13-16(19)12-18(9-6-10-20-4)11-15-7-5-8-17(15)3/h5,7-8,14,16,19H,6,9-13H2,1-4H3/t16-/m1/s1. The predicted octanol–water partition coefficient (Wildman–Crippen LogP) is 1.65. The summed E-state index contributed by atoms with van der Waals surface area (Å²) in [5.41, 5.74) is 1.24. The van der Waals surface area contributed by atoms with Gasteiger partial charge in [0.2, 0.25) is 0 Å². The zero-order chi connectivity index (χ0) is 15.7. The lowest BCUT2D eigenvalue weighted by atomic mass is 10.2. The molecule has 21 heavy (non-hydrogen) atoms. The first-order valence-electron chi connectivity index (χ1n) is 7.64. The van der Waals surface area contributed by atoms with Crippen LogP contribution in [0.2, 0.25) is 0 Å². The Morgan fingerprint density at radius 2 is 2.14 bits per heavy atom. The van der Waals surface area contributed by atoms with Crippen molar-refractivity contribution in [3.8, 4) is 0 Å². The predicted molar refractivity (Wildman–Crippen MR) is 84.3 cm³/mol. The molecule has 1 N–H and O–H groups in total. The van der Waals surface area contributed by atoms with Crippen LogP contribution in [0.5, 0.6) is 0 Å². The summed E-state index contributed by atoms with van der Waals surface area (Å²) in [5, 5.41) is 10.1. The molecule has 0 radical (unpaired) electrons. The number of rotatable bonds is 11. The third-order valence-corrected chi connectivity index (χ3v) is 3.35. The molecule has 1 rings (SSSR count). The zero-order valence-electron chi connectivity index (χ0n) is 13.8. The Bertz CT molecular complexity index is 379. The van der Waals surface area contributed by atoms with Gasteiger partial charge in [-0.3, -0.25) is 4.90 Å². The number of hydrogen-bond acceptors (Lipinski definition) is 4. The van der Waals surface area contributed by atoms with Crippen molar-refractivity contribution >= 4 is 0 Å². The lowest BCUT2D eigenvalue weighted by Gasteiger charge is -2.25. The molecular weight excluding hydrogens is 268 g/mol. The highest BCUT2D eigenvalue weighted by atomic mass is 16.5. The Morgan fingerprint density at radius 1 is 1.38 bits per heavy atom. The van der Waals surface area contributed by atoms with Crippen LogP contribution >= 0.6 is 0 Å². The van der Waals surface area contributed by atoms with Gasteiger partial charge < -0.3 is 19.1 Å². The second-order valence-corrected chi connectivity index (χ2v) is 5.73. The number of aliphatic hydroxyl groups is 1. The molecule has 0 spiro atoms. The van der Waals surface area contributed by atoms with Crippen LogP contribution in [0.1, 0.15) is 26.0 Å². The van der Waals surface area contributed by atoms with E-state index in [4.69, 9.17) is 9.47 Å². The van der Waals surface area contributed by atoms with E-state index < -0.39 is 6.10 Å². The van der Waals surface area contributed by atoms with Crippen molar-refractivity contribution in [2.75, 3.05) is 33.4 Å². The SMILES string of the molecule is COCCCN(Cc1cccn1C)C[C@@H](O)COC(C)C. The first-order chi connectivity index (χ1) is 10.0. The van der Waals surface area contributed by atoms with E-state index in [1.54, 1.807) is 7.11 Å². The molecule has 1 aromatic rings. The van der Waals surface area contributed by atoms with Gasteiger partial charge in [0.15, 0.2) is 0 Å². The Hall–Kier alpha value is -0.880. The summed E-state index contributed by atoms with van der Waals surface area (Å²) in [4.78, 5) is 2.25. The Morgan fingerprint density at radius 3 is 2.71 bits per heavy atom. The van der Waals surface area contributed by atoms with E-state index in [0.29, 0.717) is 13.2 Å². The van der Waals surface area contributed by atoms with Crippen molar-refractivity contribution in [1.29, 1.82) is 0 Å². The maximum absolute atomic E-state index is 10.1. The van der Waals surface area contributed by atoms with Crippen molar-refractivity contribution < 1.29 is 14.6 Å². The number of methoxy groups -OCH3 is 1. The molecule has 0 amide bonds. The minimum Gasteiger partial charge on any atom is -0.389 e. The molecule has 0 fully saturated rings. The van der Waals surface area contributed by atoms with Gasteiger partial charge in [-0.25, -0.2) is 0 Å². The van der Waals surface area contributed by atoms with Crippen LogP contribution in [-0.4, -0.2) is 60.2 Å². The first-order valence-corrected chi connectivity index (χ1v) is 7.64. The van der Waals surface area contributed by atoms with E-state index in [1.165, 1.54) is 5.69 Å². The lowest BCUT2D eigenvalue weighted by molar-refractivity contribution is -0.0105. The van der Waals surface area contributed by atoms with Gasteiger partial charge in [0.05, 0.1) is 18.8 Å². The molecule has 1 heterocycles.